The fourth-order valence-corrected chi connectivity index (χ4v) is 3.37. The number of hydrogen-bond donors (Lipinski definition) is 0. The maximum absolute atomic E-state index is 12.3. The highest BCUT2D eigenvalue weighted by atomic mass is 16.1. The summed E-state index contributed by atoms with van der Waals surface area (Å²) < 4.78 is 0. The number of ketones is 1. The standard InChI is InChI=1S/C16H21NO/c1-12-2-4-14(5-3-12)16(18)11-15-10-13-6-8-17(15)9-7-13/h2-5,13,15H,6-11H2,1H3/q+1. The minimum absolute atomic E-state index is 0.313. The predicted molar refractivity (Wildman–Crippen MR) is 73.1 cm³/mol. The minimum Gasteiger partial charge on any atom is -0.294 e. The summed E-state index contributed by atoms with van der Waals surface area (Å²) in [5.74, 6) is 1.19. The van der Waals surface area contributed by atoms with Gasteiger partial charge >= 0.3 is 0 Å². The van der Waals surface area contributed by atoms with Gasteiger partial charge in [-0.25, -0.2) is 0 Å². The first-order valence-electron chi connectivity index (χ1n) is 7.06. The maximum atomic E-state index is 12.3. The third-order valence-electron chi connectivity index (χ3n) is 4.57. The van der Waals surface area contributed by atoms with Crippen LogP contribution in [0.4, 0.5) is 0 Å². The zero-order chi connectivity index (χ0) is 12.5. The van der Waals surface area contributed by atoms with Crippen LogP contribution in [-0.4, -0.2) is 24.9 Å². The van der Waals surface area contributed by atoms with E-state index in [1.807, 2.05) is 24.3 Å². The van der Waals surface area contributed by atoms with Gasteiger partial charge in [-0.1, -0.05) is 29.8 Å². The lowest BCUT2D eigenvalue weighted by molar-refractivity contribution is 0.0852. The smallest absolute Gasteiger partial charge is 0.168 e. The summed E-state index contributed by atoms with van der Waals surface area (Å²) >= 11 is 0. The van der Waals surface area contributed by atoms with Crippen LogP contribution in [-0.2, 0) is 0 Å². The molecule has 1 atom stereocenters. The lowest BCUT2D eigenvalue weighted by atomic mass is 9.81. The number of Topliss-reactive ketones (excluding diaryl/α,β-unsaturated/α-hetero) is 1. The van der Waals surface area contributed by atoms with Crippen molar-refractivity contribution in [3.63, 3.8) is 0 Å². The zero-order valence-corrected chi connectivity index (χ0v) is 11.1. The molecular formula is C16H21NO+. The van der Waals surface area contributed by atoms with E-state index in [9.17, 15) is 4.79 Å². The molecule has 3 heterocycles. The van der Waals surface area contributed by atoms with E-state index < -0.39 is 0 Å². The van der Waals surface area contributed by atoms with Crippen molar-refractivity contribution in [3.8, 4) is 0 Å². The first-order valence-corrected chi connectivity index (χ1v) is 7.06. The summed E-state index contributed by atoms with van der Waals surface area (Å²) in [5, 5.41) is 0. The van der Waals surface area contributed by atoms with Gasteiger partial charge in [-0.15, -0.1) is 0 Å². The van der Waals surface area contributed by atoms with Crippen molar-refractivity contribution < 1.29 is 4.79 Å². The van der Waals surface area contributed by atoms with E-state index in [4.69, 9.17) is 0 Å². The average Bonchev–Trinajstić information content (AvgIpc) is 2.41. The van der Waals surface area contributed by atoms with Gasteiger partial charge in [0.05, 0.1) is 6.42 Å². The number of piperidine rings is 3. The largest absolute Gasteiger partial charge is 0.294 e. The highest BCUT2D eigenvalue weighted by Gasteiger charge is 2.42. The average molecular weight is 243 g/mol. The Labute approximate surface area is 109 Å². The summed E-state index contributed by atoms with van der Waals surface area (Å²) in [6.07, 6.45) is 4.63. The Morgan fingerprint density at radius 3 is 2.44 bits per heavy atom. The maximum Gasteiger partial charge on any atom is 0.168 e. The van der Waals surface area contributed by atoms with Crippen LogP contribution in [0.25, 0.3) is 0 Å². The molecule has 2 nitrogen and oxygen atoms in total. The Morgan fingerprint density at radius 2 is 1.89 bits per heavy atom. The quantitative estimate of drug-likeness (QED) is 0.591. The second-order valence-corrected chi connectivity index (χ2v) is 5.86. The topological polar surface area (TPSA) is 23.0 Å². The number of carbonyl (C=O) groups excluding carboxylic acids is 1. The molecule has 0 N–H and O–H groups in total. The molecule has 0 spiro atoms. The van der Waals surface area contributed by atoms with Gasteiger partial charge < -0.3 is 0 Å². The van der Waals surface area contributed by atoms with Gasteiger partial charge in [-0.2, -0.15) is 4.90 Å². The molecule has 0 saturated carbocycles. The van der Waals surface area contributed by atoms with Crippen molar-refractivity contribution in [2.75, 3.05) is 13.1 Å². The molecule has 3 aliphatic heterocycles. The van der Waals surface area contributed by atoms with Gasteiger partial charge in [0.15, 0.2) is 5.78 Å². The second-order valence-electron chi connectivity index (χ2n) is 5.86. The molecule has 3 aliphatic rings. The van der Waals surface area contributed by atoms with Crippen LogP contribution in [0.15, 0.2) is 24.3 Å². The van der Waals surface area contributed by atoms with E-state index in [2.05, 4.69) is 11.8 Å². The van der Waals surface area contributed by atoms with Gasteiger partial charge in [0.2, 0.25) is 0 Å². The van der Waals surface area contributed by atoms with Crippen LogP contribution < -0.4 is 4.90 Å². The number of aryl methyl sites for hydroxylation is 1. The third-order valence-corrected chi connectivity index (χ3v) is 4.57. The van der Waals surface area contributed by atoms with Gasteiger partial charge in [0, 0.05) is 24.8 Å². The van der Waals surface area contributed by atoms with Crippen molar-refractivity contribution in [2.24, 2.45) is 5.92 Å². The van der Waals surface area contributed by atoms with Gasteiger partial charge in [0.1, 0.15) is 19.1 Å². The van der Waals surface area contributed by atoms with Crippen LogP contribution in [0.1, 0.15) is 41.6 Å². The monoisotopic (exact) mass is 243 g/mol. The summed E-state index contributed by atoms with van der Waals surface area (Å²) in [6, 6.07) is 8.50. The molecule has 1 aromatic rings. The number of rotatable bonds is 3. The Kier molecular flexibility index (Phi) is 3.21. The van der Waals surface area contributed by atoms with Crippen LogP contribution in [0, 0.1) is 12.8 Å². The number of fused-ring (bicyclic) bond motifs is 3. The Balaban J connectivity index is 1.66. The lowest BCUT2D eigenvalue weighted by Gasteiger charge is -2.37. The molecule has 4 rings (SSSR count). The van der Waals surface area contributed by atoms with E-state index in [0.717, 1.165) is 11.5 Å². The lowest BCUT2D eigenvalue weighted by Crippen LogP contribution is -2.53. The summed E-state index contributed by atoms with van der Waals surface area (Å²) in [5.41, 5.74) is 2.09. The normalized spacial score (nSPS) is 30.4. The van der Waals surface area contributed by atoms with Crippen molar-refractivity contribution in [1.29, 1.82) is 0 Å². The van der Waals surface area contributed by atoms with Crippen molar-refractivity contribution in [1.82, 2.24) is 4.90 Å². The van der Waals surface area contributed by atoms with E-state index in [0.29, 0.717) is 18.2 Å². The second kappa shape index (κ2) is 4.85. The van der Waals surface area contributed by atoms with Crippen LogP contribution in [0.5, 0.6) is 0 Å². The number of carbonyl (C=O) groups is 1. The van der Waals surface area contributed by atoms with Crippen molar-refractivity contribution in [3.05, 3.63) is 35.4 Å². The highest BCUT2D eigenvalue weighted by Crippen LogP contribution is 2.31. The van der Waals surface area contributed by atoms with E-state index in [-0.39, 0.29) is 0 Å². The van der Waals surface area contributed by atoms with Crippen LogP contribution in [0.2, 0.25) is 0 Å². The van der Waals surface area contributed by atoms with E-state index in [1.165, 1.54) is 37.9 Å². The van der Waals surface area contributed by atoms with Gasteiger partial charge in [-0.3, -0.25) is 4.79 Å². The molecule has 0 aliphatic carbocycles. The number of benzene rings is 1. The zero-order valence-electron chi connectivity index (χ0n) is 11.1. The van der Waals surface area contributed by atoms with Crippen LogP contribution in [0.3, 0.4) is 0 Å². The molecule has 0 amide bonds. The van der Waals surface area contributed by atoms with Crippen molar-refractivity contribution >= 4 is 5.78 Å². The number of hydrogen-bond acceptors (Lipinski definition) is 2. The molecule has 2 heteroatoms. The minimum atomic E-state index is 0.313. The van der Waals surface area contributed by atoms with E-state index in [1.54, 1.807) is 0 Å². The molecular weight excluding hydrogens is 222 g/mol. The Hall–Kier alpha value is -1.15. The highest BCUT2D eigenvalue weighted by molar-refractivity contribution is 5.96. The first-order chi connectivity index (χ1) is 8.72. The summed E-state index contributed by atoms with van der Waals surface area (Å²) in [4.78, 5) is 14.8. The Morgan fingerprint density at radius 1 is 1.22 bits per heavy atom. The fraction of sp³-hybridized carbons (Fsp3) is 0.562. The molecule has 1 aromatic carbocycles. The molecule has 1 unspecified atom stereocenters. The molecule has 18 heavy (non-hydrogen) atoms. The fourth-order valence-electron chi connectivity index (χ4n) is 3.37. The Bertz CT molecular complexity index is 429. The van der Waals surface area contributed by atoms with Gasteiger partial charge in [0.25, 0.3) is 0 Å². The molecule has 3 saturated heterocycles. The molecule has 2 bridgehead atoms. The van der Waals surface area contributed by atoms with Crippen LogP contribution >= 0.6 is 0 Å². The number of nitrogens with zero attached hydrogens (tertiary/aromatic N) is 1. The summed E-state index contributed by atoms with van der Waals surface area (Å²) in [6.45, 7) is 4.47. The van der Waals surface area contributed by atoms with E-state index >= 15 is 0 Å². The molecule has 95 valence electrons. The summed E-state index contributed by atoms with van der Waals surface area (Å²) in [7, 11) is 0. The first kappa shape index (κ1) is 11.9. The van der Waals surface area contributed by atoms with Gasteiger partial charge in [-0.05, 0) is 12.8 Å². The molecule has 1 radical (unpaired) electrons. The molecule has 0 aromatic heterocycles. The SMILES string of the molecule is Cc1ccc(C(=O)CC2CC3CC[N+]2CC3)cc1. The molecule has 3 fully saturated rings. The third kappa shape index (κ3) is 2.35. The predicted octanol–water partition coefficient (Wildman–Crippen LogP) is 2.89. The van der Waals surface area contributed by atoms with Crippen molar-refractivity contribution in [2.45, 2.75) is 38.6 Å².